The van der Waals surface area contributed by atoms with Gasteiger partial charge in [0.15, 0.2) is 0 Å². The van der Waals surface area contributed by atoms with Crippen LogP contribution in [0.3, 0.4) is 0 Å². The summed E-state index contributed by atoms with van der Waals surface area (Å²) in [5.41, 5.74) is 6.83. The van der Waals surface area contributed by atoms with Crippen molar-refractivity contribution in [1.29, 1.82) is 0 Å². The first-order chi connectivity index (χ1) is 7.02. The van der Waals surface area contributed by atoms with E-state index in [9.17, 15) is 4.79 Å². The maximum absolute atomic E-state index is 11.5. The zero-order chi connectivity index (χ0) is 11.6. The van der Waals surface area contributed by atoms with Gasteiger partial charge >= 0.3 is 5.97 Å². The summed E-state index contributed by atoms with van der Waals surface area (Å²) in [5, 5.41) is 0.418. The van der Waals surface area contributed by atoms with Gasteiger partial charge in [0.1, 0.15) is 5.75 Å². The highest BCUT2D eigenvalue weighted by molar-refractivity contribution is 6.32. The molecule has 4 nitrogen and oxygen atoms in total. The Kier molecular flexibility index (Phi) is 3.42. The lowest BCUT2D eigenvalue weighted by atomic mass is 10.1. The van der Waals surface area contributed by atoms with E-state index in [-0.39, 0.29) is 11.3 Å². The number of carbonyl (C=O) groups excluding carboxylic acids is 1. The van der Waals surface area contributed by atoms with Gasteiger partial charge in [-0.15, -0.1) is 0 Å². The van der Waals surface area contributed by atoms with Crippen LogP contribution in [-0.2, 0) is 4.74 Å². The molecule has 1 aromatic rings. The summed E-state index contributed by atoms with van der Waals surface area (Å²) in [6.45, 7) is 1.70. The van der Waals surface area contributed by atoms with Crippen molar-refractivity contribution in [2.45, 2.75) is 6.92 Å². The van der Waals surface area contributed by atoms with Crippen molar-refractivity contribution in [3.8, 4) is 5.75 Å². The number of methoxy groups -OCH3 is 2. The first-order valence-corrected chi connectivity index (χ1v) is 4.61. The van der Waals surface area contributed by atoms with Gasteiger partial charge in [-0.25, -0.2) is 4.79 Å². The van der Waals surface area contributed by atoms with E-state index in [1.165, 1.54) is 14.2 Å². The van der Waals surface area contributed by atoms with Crippen LogP contribution in [0, 0.1) is 6.92 Å². The van der Waals surface area contributed by atoms with Gasteiger partial charge in [-0.1, -0.05) is 11.6 Å². The van der Waals surface area contributed by atoms with Gasteiger partial charge in [0.05, 0.1) is 25.5 Å². The first-order valence-electron chi connectivity index (χ1n) is 4.23. The van der Waals surface area contributed by atoms with Gasteiger partial charge in [0.25, 0.3) is 0 Å². The number of rotatable bonds is 2. The van der Waals surface area contributed by atoms with Gasteiger partial charge in [-0.2, -0.15) is 0 Å². The molecule has 0 aromatic heterocycles. The molecule has 0 aliphatic carbocycles. The highest BCUT2D eigenvalue weighted by atomic mass is 35.5. The zero-order valence-corrected chi connectivity index (χ0v) is 9.51. The number of halogens is 1. The largest absolute Gasteiger partial charge is 0.495 e. The van der Waals surface area contributed by atoms with Crippen molar-refractivity contribution in [3.05, 3.63) is 22.2 Å². The number of hydrogen-bond acceptors (Lipinski definition) is 4. The van der Waals surface area contributed by atoms with Gasteiger partial charge in [0, 0.05) is 11.1 Å². The van der Waals surface area contributed by atoms with E-state index < -0.39 is 5.97 Å². The molecule has 2 N–H and O–H groups in total. The van der Waals surface area contributed by atoms with Crippen molar-refractivity contribution in [2.24, 2.45) is 0 Å². The molecule has 0 unspecified atom stereocenters. The number of anilines is 1. The van der Waals surface area contributed by atoms with Gasteiger partial charge in [0.2, 0.25) is 0 Å². The SMILES string of the molecule is COC(=O)c1c(C)c(Cl)cc(OC)c1N. The molecule has 0 saturated carbocycles. The average molecular weight is 230 g/mol. The minimum absolute atomic E-state index is 0.242. The molecule has 0 bridgehead atoms. The number of esters is 1. The predicted molar refractivity (Wildman–Crippen MR) is 58.5 cm³/mol. The van der Waals surface area contributed by atoms with E-state index >= 15 is 0 Å². The van der Waals surface area contributed by atoms with Crippen molar-refractivity contribution in [1.82, 2.24) is 0 Å². The molecule has 0 aliphatic rings. The summed E-state index contributed by atoms with van der Waals surface area (Å²) in [6.07, 6.45) is 0. The van der Waals surface area contributed by atoms with E-state index in [0.29, 0.717) is 16.3 Å². The summed E-state index contributed by atoms with van der Waals surface area (Å²) in [5.74, 6) is -0.156. The third-order valence-electron chi connectivity index (χ3n) is 2.14. The fraction of sp³-hybridized carbons (Fsp3) is 0.300. The second-order valence-corrected chi connectivity index (χ2v) is 3.37. The Morgan fingerprint density at radius 2 is 2.07 bits per heavy atom. The van der Waals surface area contributed by atoms with E-state index in [1.807, 2.05) is 0 Å². The maximum atomic E-state index is 11.5. The topological polar surface area (TPSA) is 61.5 Å². The summed E-state index contributed by atoms with van der Waals surface area (Å²) in [7, 11) is 2.74. The fourth-order valence-electron chi connectivity index (χ4n) is 1.28. The van der Waals surface area contributed by atoms with Gasteiger partial charge in [-0.05, 0) is 12.5 Å². The molecule has 0 amide bonds. The molecule has 15 heavy (non-hydrogen) atoms. The van der Waals surface area contributed by atoms with E-state index in [1.54, 1.807) is 13.0 Å². The summed E-state index contributed by atoms with van der Waals surface area (Å²) >= 11 is 5.93. The molecule has 1 rings (SSSR count). The second kappa shape index (κ2) is 4.40. The quantitative estimate of drug-likeness (QED) is 0.623. The minimum atomic E-state index is -0.522. The third kappa shape index (κ3) is 1.99. The molecule has 0 radical (unpaired) electrons. The lowest BCUT2D eigenvalue weighted by Crippen LogP contribution is -2.09. The van der Waals surface area contributed by atoms with Crippen LogP contribution >= 0.6 is 11.6 Å². The number of benzene rings is 1. The fourth-order valence-corrected chi connectivity index (χ4v) is 1.47. The minimum Gasteiger partial charge on any atom is -0.495 e. The highest BCUT2D eigenvalue weighted by Crippen LogP contribution is 2.33. The van der Waals surface area contributed by atoms with Gasteiger partial charge in [-0.3, -0.25) is 0 Å². The van der Waals surface area contributed by atoms with Crippen LogP contribution in [0.5, 0.6) is 5.75 Å². The van der Waals surface area contributed by atoms with Gasteiger partial charge < -0.3 is 15.2 Å². The molecular weight excluding hydrogens is 218 g/mol. The average Bonchev–Trinajstić information content (AvgIpc) is 2.23. The molecule has 0 fully saturated rings. The third-order valence-corrected chi connectivity index (χ3v) is 2.53. The van der Waals surface area contributed by atoms with E-state index in [0.717, 1.165) is 0 Å². The molecule has 0 saturated heterocycles. The van der Waals surface area contributed by atoms with Crippen molar-refractivity contribution >= 4 is 23.3 Å². The summed E-state index contributed by atoms with van der Waals surface area (Å²) < 4.78 is 9.62. The molecule has 1 aromatic carbocycles. The molecule has 82 valence electrons. The molecular formula is C10H12ClNO3. The maximum Gasteiger partial charge on any atom is 0.340 e. The standard InChI is InChI=1S/C10H12ClNO3/c1-5-6(11)4-7(14-2)9(12)8(5)10(13)15-3/h4H,12H2,1-3H3. The Hall–Kier alpha value is -1.42. The Labute approximate surface area is 92.9 Å². The first kappa shape index (κ1) is 11.7. The zero-order valence-electron chi connectivity index (χ0n) is 8.76. The Bertz CT molecular complexity index is 404. The van der Waals surface area contributed by atoms with Crippen molar-refractivity contribution < 1.29 is 14.3 Å². The van der Waals surface area contributed by atoms with E-state index in [4.69, 9.17) is 22.1 Å². The monoisotopic (exact) mass is 229 g/mol. The Morgan fingerprint density at radius 3 is 2.53 bits per heavy atom. The van der Waals surface area contributed by atoms with Crippen molar-refractivity contribution in [3.63, 3.8) is 0 Å². The van der Waals surface area contributed by atoms with Crippen LogP contribution in [0.1, 0.15) is 15.9 Å². The second-order valence-electron chi connectivity index (χ2n) is 2.97. The van der Waals surface area contributed by atoms with Crippen molar-refractivity contribution in [2.75, 3.05) is 20.0 Å². The molecule has 0 aliphatic heterocycles. The molecule has 0 atom stereocenters. The van der Waals surface area contributed by atoms with E-state index in [2.05, 4.69) is 4.74 Å². The number of ether oxygens (including phenoxy) is 2. The number of nitrogen functional groups attached to an aromatic ring is 1. The molecule has 5 heteroatoms. The van der Waals surface area contributed by atoms with Crippen LogP contribution in [0.2, 0.25) is 5.02 Å². The Morgan fingerprint density at radius 1 is 1.47 bits per heavy atom. The molecule has 0 heterocycles. The number of carbonyl (C=O) groups is 1. The number of hydrogen-bond donors (Lipinski definition) is 1. The summed E-state index contributed by atoms with van der Waals surface area (Å²) in [6, 6.07) is 1.57. The Balaban J connectivity index is 3.47. The van der Waals surface area contributed by atoms with Crippen LogP contribution in [0.15, 0.2) is 6.07 Å². The molecule has 0 spiro atoms. The lowest BCUT2D eigenvalue weighted by molar-refractivity contribution is 0.0601. The van der Waals surface area contributed by atoms with Crippen LogP contribution in [0.4, 0.5) is 5.69 Å². The van der Waals surface area contributed by atoms with Crippen LogP contribution in [0.25, 0.3) is 0 Å². The summed E-state index contributed by atoms with van der Waals surface area (Å²) in [4.78, 5) is 11.5. The predicted octanol–water partition coefficient (Wildman–Crippen LogP) is 2.03. The highest BCUT2D eigenvalue weighted by Gasteiger charge is 2.19. The normalized spacial score (nSPS) is 9.87. The van der Waals surface area contributed by atoms with Crippen LogP contribution in [-0.4, -0.2) is 20.2 Å². The number of nitrogens with two attached hydrogens (primary N) is 1. The van der Waals surface area contributed by atoms with Crippen LogP contribution < -0.4 is 10.5 Å². The lowest BCUT2D eigenvalue weighted by Gasteiger charge is -2.12. The smallest absolute Gasteiger partial charge is 0.340 e.